The first-order chi connectivity index (χ1) is 15.5. The third-order valence-corrected chi connectivity index (χ3v) is 6.40. The van der Waals surface area contributed by atoms with Gasteiger partial charge in [-0.15, -0.1) is 10.2 Å². The van der Waals surface area contributed by atoms with Gasteiger partial charge in [0.1, 0.15) is 17.8 Å². The molecule has 5 rings (SSSR count). The Morgan fingerprint density at radius 2 is 1.76 bits per heavy atom. The van der Waals surface area contributed by atoms with Gasteiger partial charge in [-0.3, -0.25) is 4.57 Å². The van der Waals surface area contributed by atoms with Crippen molar-refractivity contribution in [3.8, 4) is 5.69 Å². The molecule has 33 heavy (non-hydrogen) atoms. The maximum Gasteiger partial charge on any atom is 0.433 e. The van der Waals surface area contributed by atoms with Gasteiger partial charge >= 0.3 is 12.4 Å². The van der Waals surface area contributed by atoms with Crippen LogP contribution in [0.2, 0.25) is 0 Å². The number of fused-ring (bicyclic) bond motifs is 2. The number of hydrogen-bond donors (Lipinski definition) is 0. The van der Waals surface area contributed by atoms with E-state index in [4.69, 9.17) is 0 Å². The average molecular weight is 467 g/mol. The molecule has 1 aliphatic carbocycles. The van der Waals surface area contributed by atoms with Crippen LogP contribution in [0.25, 0.3) is 5.69 Å². The van der Waals surface area contributed by atoms with Gasteiger partial charge < -0.3 is 4.90 Å². The van der Waals surface area contributed by atoms with Gasteiger partial charge in [-0.2, -0.15) is 26.3 Å². The number of nitrogens with zero attached hydrogens (tertiary/aromatic N) is 5. The second kappa shape index (κ2) is 7.46. The maximum atomic E-state index is 13.5. The first-order valence-electron chi connectivity index (χ1n) is 10.4. The van der Waals surface area contributed by atoms with Crippen LogP contribution in [0.4, 0.5) is 32.2 Å². The summed E-state index contributed by atoms with van der Waals surface area (Å²) in [4.78, 5) is 5.22. The number of benzene rings is 1. The summed E-state index contributed by atoms with van der Waals surface area (Å²) < 4.78 is 82.4. The number of piperidine rings is 1. The number of aromatic nitrogens is 4. The first-order valence-corrected chi connectivity index (χ1v) is 10.4. The highest BCUT2D eigenvalue weighted by Crippen LogP contribution is 2.52. The molecule has 3 atom stereocenters. The molecule has 3 aromatic rings. The van der Waals surface area contributed by atoms with Crippen molar-refractivity contribution in [3.63, 3.8) is 0 Å². The Kier molecular flexibility index (Phi) is 4.91. The van der Waals surface area contributed by atoms with E-state index in [2.05, 4.69) is 15.2 Å². The molecule has 0 spiro atoms. The maximum absolute atomic E-state index is 13.5. The lowest BCUT2D eigenvalue weighted by atomic mass is 9.97. The number of alkyl halides is 6. The quantitative estimate of drug-likeness (QED) is 0.461. The van der Waals surface area contributed by atoms with Gasteiger partial charge in [0, 0.05) is 11.7 Å². The van der Waals surface area contributed by atoms with Crippen LogP contribution in [-0.4, -0.2) is 25.8 Å². The van der Waals surface area contributed by atoms with Crippen molar-refractivity contribution in [2.24, 2.45) is 5.92 Å². The van der Waals surface area contributed by atoms with Crippen molar-refractivity contribution in [3.05, 3.63) is 65.4 Å². The van der Waals surface area contributed by atoms with E-state index in [9.17, 15) is 26.3 Å². The number of hydrogen-bond acceptors (Lipinski definition) is 4. The molecule has 2 bridgehead atoms. The van der Waals surface area contributed by atoms with E-state index < -0.39 is 29.7 Å². The molecule has 2 aromatic heterocycles. The summed E-state index contributed by atoms with van der Waals surface area (Å²) in [7, 11) is 0. The van der Waals surface area contributed by atoms with Gasteiger partial charge in [-0.05, 0) is 61.9 Å². The summed E-state index contributed by atoms with van der Waals surface area (Å²) in [5.74, 6) is 0.155. The lowest BCUT2D eigenvalue weighted by Crippen LogP contribution is -2.37. The van der Waals surface area contributed by atoms with Crippen molar-refractivity contribution in [2.75, 3.05) is 4.90 Å². The molecule has 1 saturated carbocycles. The topological polar surface area (TPSA) is 46.8 Å². The fourth-order valence-electron chi connectivity index (χ4n) is 5.03. The lowest BCUT2D eigenvalue weighted by molar-refractivity contribution is -0.145. The van der Waals surface area contributed by atoms with Crippen LogP contribution in [0.1, 0.15) is 47.9 Å². The molecular weight excluding hydrogens is 448 g/mol. The summed E-state index contributed by atoms with van der Waals surface area (Å²) in [6, 6.07) is 7.54. The number of pyridine rings is 1. The fourth-order valence-corrected chi connectivity index (χ4v) is 5.03. The van der Waals surface area contributed by atoms with Crippen LogP contribution >= 0.6 is 0 Å². The molecule has 2 aliphatic rings. The zero-order chi connectivity index (χ0) is 23.5. The second-order valence-electron chi connectivity index (χ2n) is 8.57. The molecule has 0 radical (unpaired) electrons. The van der Waals surface area contributed by atoms with Crippen LogP contribution in [-0.2, 0) is 12.4 Å². The van der Waals surface area contributed by atoms with E-state index in [0.717, 1.165) is 17.7 Å². The van der Waals surface area contributed by atoms with Crippen molar-refractivity contribution < 1.29 is 26.3 Å². The lowest BCUT2D eigenvalue weighted by Gasteiger charge is -2.36. The van der Waals surface area contributed by atoms with Crippen molar-refractivity contribution in [1.82, 2.24) is 19.7 Å². The van der Waals surface area contributed by atoms with Gasteiger partial charge in [-0.25, -0.2) is 4.98 Å². The van der Waals surface area contributed by atoms with Crippen LogP contribution < -0.4 is 4.90 Å². The van der Waals surface area contributed by atoms with Crippen molar-refractivity contribution in [1.29, 1.82) is 0 Å². The third-order valence-electron chi connectivity index (χ3n) is 6.40. The monoisotopic (exact) mass is 467 g/mol. The average Bonchev–Trinajstić information content (AvgIpc) is 3.47. The highest BCUT2D eigenvalue weighted by Gasteiger charge is 2.50. The SMILES string of the molecule is Cc1cccc(-n2cnnc2[C@@H]2[C@H]3CC[C@H](C3)N2c2cc(C(F)(F)F)cc(C(F)(F)F)n2)c1. The van der Waals surface area contributed by atoms with Gasteiger partial charge in [-0.1, -0.05) is 12.1 Å². The predicted octanol–water partition coefficient (Wildman–Crippen LogP) is 5.74. The van der Waals surface area contributed by atoms with Crippen LogP contribution in [0.3, 0.4) is 0 Å². The van der Waals surface area contributed by atoms with Gasteiger partial charge in [0.25, 0.3) is 0 Å². The Morgan fingerprint density at radius 3 is 2.45 bits per heavy atom. The minimum Gasteiger partial charge on any atom is -0.343 e. The molecule has 11 heteroatoms. The molecule has 0 unspecified atom stereocenters. The third kappa shape index (κ3) is 3.83. The van der Waals surface area contributed by atoms with E-state index in [1.807, 2.05) is 31.2 Å². The van der Waals surface area contributed by atoms with Crippen LogP contribution in [0, 0.1) is 12.8 Å². The van der Waals surface area contributed by atoms with E-state index in [-0.39, 0.29) is 23.8 Å². The van der Waals surface area contributed by atoms with E-state index in [0.29, 0.717) is 24.7 Å². The van der Waals surface area contributed by atoms with Gasteiger partial charge in [0.05, 0.1) is 11.6 Å². The Hall–Kier alpha value is -3.11. The molecule has 2 fully saturated rings. The van der Waals surface area contributed by atoms with E-state index >= 15 is 0 Å². The van der Waals surface area contributed by atoms with E-state index in [1.165, 1.54) is 6.33 Å². The number of anilines is 1. The summed E-state index contributed by atoms with van der Waals surface area (Å²) in [6.45, 7) is 1.92. The normalized spacial score (nSPS) is 22.9. The standard InChI is InChI=1S/C22H19F6N5/c1-12-3-2-4-15(7-12)32-11-29-31-20(32)19-13-5-6-16(8-13)33(19)18-10-14(21(23,24)25)9-17(30-18)22(26,27)28/h2-4,7,9-11,13,16,19H,5-6,8H2,1H3/t13-,16+,19-/m0/s1. The van der Waals surface area contributed by atoms with Crippen LogP contribution in [0.5, 0.6) is 0 Å². The molecule has 0 amide bonds. The highest BCUT2D eigenvalue weighted by molar-refractivity contribution is 5.50. The largest absolute Gasteiger partial charge is 0.433 e. The molecule has 5 nitrogen and oxygen atoms in total. The molecule has 174 valence electrons. The first kappa shape index (κ1) is 21.7. The Bertz CT molecular complexity index is 1150. The molecule has 3 heterocycles. The molecular formula is C22H19F6N5. The molecule has 1 aromatic carbocycles. The number of aryl methyl sites for hydroxylation is 1. The van der Waals surface area contributed by atoms with Crippen molar-refractivity contribution >= 4 is 5.82 Å². The van der Waals surface area contributed by atoms with Crippen molar-refractivity contribution in [2.45, 2.75) is 50.6 Å². The number of halogens is 6. The minimum atomic E-state index is -5.01. The Balaban J connectivity index is 1.64. The zero-order valence-electron chi connectivity index (χ0n) is 17.4. The fraction of sp³-hybridized carbons (Fsp3) is 0.409. The summed E-state index contributed by atoms with van der Waals surface area (Å²) in [5, 5.41) is 8.24. The Labute approximate surface area is 185 Å². The number of rotatable bonds is 3. The van der Waals surface area contributed by atoms with Crippen LogP contribution in [0.15, 0.2) is 42.7 Å². The molecule has 1 aliphatic heterocycles. The van der Waals surface area contributed by atoms with E-state index in [1.54, 1.807) is 9.47 Å². The summed E-state index contributed by atoms with van der Waals surface area (Å²) >= 11 is 0. The summed E-state index contributed by atoms with van der Waals surface area (Å²) in [5.41, 5.74) is -1.17. The zero-order valence-corrected chi connectivity index (χ0v) is 17.4. The minimum absolute atomic E-state index is 0.0217. The van der Waals surface area contributed by atoms with Gasteiger partial charge in [0.15, 0.2) is 5.82 Å². The second-order valence-corrected chi connectivity index (χ2v) is 8.57. The smallest absolute Gasteiger partial charge is 0.343 e. The molecule has 1 saturated heterocycles. The highest BCUT2D eigenvalue weighted by atomic mass is 19.4. The van der Waals surface area contributed by atoms with Gasteiger partial charge in [0.2, 0.25) is 0 Å². The Morgan fingerprint density at radius 1 is 0.970 bits per heavy atom. The summed E-state index contributed by atoms with van der Waals surface area (Å²) in [6.07, 6.45) is -6.32. The molecule has 0 N–H and O–H groups in total. The predicted molar refractivity (Wildman–Crippen MR) is 107 cm³/mol.